The van der Waals surface area contributed by atoms with E-state index in [1.54, 1.807) is 6.33 Å². The fourth-order valence-corrected chi connectivity index (χ4v) is 1.26. The van der Waals surface area contributed by atoms with E-state index in [1.807, 2.05) is 4.68 Å². The lowest BCUT2D eigenvalue weighted by atomic mass is 10.2. The molecule has 0 atom stereocenters. The molecule has 0 amide bonds. The summed E-state index contributed by atoms with van der Waals surface area (Å²) in [6, 6.07) is 0. The molecule has 68 valence electrons. The molecular weight excluding hydrogens is 150 g/mol. The summed E-state index contributed by atoms with van der Waals surface area (Å²) in [6.07, 6.45) is 6.38. The zero-order chi connectivity index (χ0) is 8.81. The summed E-state index contributed by atoms with van der Waals surface area (Å²) in [6.45, 7) is 5.35. The van der Waals surface area contributed by atoms with Crippen LogP contribution in [0.25, 0.3) is 0 Å². The van der Waals surface area contributed by atoms with E-state index in [9.17, 15) is 0 Å². The molecule has 0 spiro atoms. The molecular formula is C9H17N3. The standard InChI is InChI=1S/C9H17N3/c1-3-5-6-7-12-9(4-2)10-8-11-12/h8H,3-7H2,1-2H3. The fraction of sp³-hybridized carbons (Fsp3) is 0.778. The molecule has 0 saturated carbocycles. The lowest BCUT2D eigenvalue weighted by molar-refractivity contribution is 0.532. The molecule has 0 N–H and O–H groups in total. The molecule has 0 unspecified atom stereocenters. The maximum absolute atomic E-state index is 4.17. The quantitative estimate of drug-likeness (QED) is 0.628. The van der Waals surface area contributed by atoms with Crippen molar-refractivity contribution >= 4 is 0 Å². The first kappa shape index (κ1) is 9.23. The number of rotatable bonds is 5. The molecule has 0 saturated heterocycles. The van der Waals surface area contributed by atoms with Crippen molar-refractivity contribution in [1.29, 1.82) is 0 Å². The Labute approximate surface area is 73.8 Å². The smallest absolute Gasteiger partial charge is 0.138 e. The highest BCUT2D eigenvalue weighted by atomic mass is 15.3. The van der Waals surface area contributed by atoms with Gasteiger partial charge < -0.3 is 0 Å². The number of hydrogen-bond acceptors (Lipinski definition) is 2. The van der Waals surface area contributed by atoms with E-state index in [2.05, 4.69) is 23.9 Å². The van der Waals surface area contributed by atoms with Crippen molar-refractivity contribution in [3.8, 4) is 0 Å². The third-order valence-corrected chi connectivity index (χ3v) is 1.99. The van der Waals surface area contributed by atoms with Gasteiger partial charge in [0.1, 0.15) is 12.2 Å². The highest BCUT2D eigenvalue weighted by Crippen LogP contribution is 2.00. The van der Waals surface area contributed by atoms with Gasteiger partial charge in [-0.05, 0) is 6.42 Å². The van der Waals surface area contributed by atoms with Crippen molar-refractivity contribution in [2.45, 2.75) is 46.1 Å². The normalized spacial score (nSPS) is 10.5. The SMILES string of the molecule is CCCCCn1ncnc1CC. The Morgan fingerprint density at radius 2 is 2.17 bits per heavy atom. The molecule has 1 heterocycles. The second-order valence-corrected chi connectivity index (χ2v) is 2.96. The Balaban J connectivity index is 2.39. The Bertz CT molecular complexity index is 217. The highest BCUT2D eigenvalue weighted by molar-refractivity contribution is 4.82. The third kappa shape index (κ3) is 2.32. The van der Waals surface area contributed by atoms with Gasteiger partial charge in [0.05, 0.1) is 0 Å². The second-order valence-electron chi connectivity index (χ2n) is 2.96. The predicted octanol–water partition coefficient (Wildman–Crippen LogP) is 2.03. The van der Waals surface area contributed by atoms with Crippen LogP contribution in [0.2, 0.25) is 0 Å². The molecule has 1 aromatic rings. The molecule has 1 rings (SSSR count). The van der Waals surface area contributed by atoms with Crippen LogP contribution in [0.15, 0.2) is 6.33 Å². The molecule has 0 aliphatic heterocycles. The molecule has 1 aromatic heterocycles. The zero-order valence-electron chi connectivity index (χ0n) is 7.95. The maximum Gasteiger partial charge on any atom is 0.138 e. The minimum atomic E-state index is 0.978. The molecule has 0 bridgehead atoms. The molecule has 0 aliphatic carbocycles. The largest absolute Gasteiger partial charge is 0.250 e. The van der Waals surface area contributed by atoms with Gasteiger partial charge in [-0.2, -0.15) is 5.10 Å². The molecule has 0 aliphatic rings. The predicted molar refractivity (Wildman–Crippen MR) is 48.9 cm³/mol. The van der Waals surface area contributed by atoms with Crippen LogP contribution >= 0.6 is 0 Å². The minimum absolute atomic E-state index is 0.978. The van der Waals surface area contributed by atoms with Crippen LogP contribution in [0, 0.1) is 0 Å². The van der Waals surface area contributed by atoms with Gasteiger partial charge in [0.2, 0.25) is 0 Å². The van der Waals surface area contributed by atoms with Crippen LogP contribution in [0.5, 0.6) is 0 Å². The van der Waals surface area contributed by atoms with Gasteiger partial charge in [-0.25, -0.2) is 4.98 Å². The molecule has 0 fully saturated rings. The summed E-state index contributed by atoms with van der Waals surface area (Å²) in [4.78, 5) is 4.17. The van der Waals surface area contributed by atoms with Crippen LogP contribution < -0.4 is 0 Å². The van der Waals surface area contributed by atoms with E-state index in [1.165, 1.54) is 19.3 Å². The van der Waals surface area contributed by atoms with Gasteiger partial charge in [0.25, 0.3) is 0 Å². The summed E-state index contributed by atoms with van der Waals surface area (Å²) in [5.41, 5.74) is 0. The van der Waals surface area contributed by atoms with Crippen molar-refractivity contribution in [3.63, 3.8) is 0 Å². The topological polar surface area (TPSA) is 30.7 Å². The fourth-order valence-electron chi connectivity index (χ4n) is 1.26. The summed E-state index contributed by atoms with van der Waals surface area (Å²) >= 11 is 0. The Kier molecular flexibility index (Phi) is 3.77. The summed E-state index contributed by atoms with van der Waals surface area (Å²) in [5, 5.41) is 4.16. The van der Waals surface area contributed by atoms with E-state index in [0.29, 0.717) is 0 Å². The van der Waals surface area contributed by atoms with Crippen molar-refractivity contribution in [3.05, 3.63) is 12.2 Å². The summed E-state index contributed by atoms with van der Waals surface area (Å²) in [5.74, 6) is 1.10. The van der Waals surface area contributed by atoms with Crippen LogP contribution in [0.1, 0.15) is 38.9 Å². The number of aromatic nitrogens is 3. The first-order valence-electron chi connectivity index (χ1n) is 4.75. The molecule has 0 aromatic carbocycles. The van der Waals surface area contributed by atoms with Gasteiger partial charge >= 0.3 is 0 Å². The van der Waals surface area contributed by atoms with Gasteiger partial charge in [0.15, 0.2) is 0 Å². The lowest BCUT2D eigenvalue weighted by Gasteiger charge is -2.02. The Morgan fingerprint density at radius 1 is 1.33 bits per heavy atom. The van der Waals surface area contributed by atoms with Gasteiger partial charge in [0, 0.05) is 13.0 Å². The molecule has 0 radical (unpaired) electrons. The average molecular weight is 167 g/mol. The van der Waals surface area contributed by atoms with Crippen LogP contribution in [0.3, 0.4) is 0 Å². The number of aryl methyl sites for hydroxylation is 2. The van der Waals surface area contributed by atoms with Crippen molar-refractivity contribution in [2.75, 3.05) is 0 Å². The summed E-state index contributed by atoms with van der Waals surface area (Å²) < 4.78 is 2.01. The minimum Gasteiger partial charge on any atom is -0.250 e. The van der Waals surface area contributed by atoms with E-state index >= 15 is 0 Å². The number of unbranched alkanes of at least 4 members (excludes halogenated alkanes) is 2. The monoisotopic (exact) mass is 167 g/mol. The van der Waals surface area contributed by atoms with E-state index in [-0.39, 0.29) is 0 Å². The molecule has 3 heteroatoms. The van der Waals surface area contributed by atoms with Crippen molar-refractivity contribution in [2.24, 2.45) is 0 Å². The third-order valence-electron chi connectivity index (χ3n) is 1.99. The van der Waals surface area contributed by atoms with E-state index < -0.39 is 0 Å². The van der Waals surface area contributed by atoms with Crippen molar-refractivity contribution < 1.29 is 0 Å². The Hall–Kier alpha value is -0.860. The lowest BCUT2D eigenvalue weighted by Crippen LogP contribution is -2.04. The van der Waals surface area contributed by atoms with Crippen LogP contribution in [-0.4, -0.2) is 14.8 Å². The van der Waals surface area contributed by atoms with Crippen LogP contribution in [0.4, 0.5) is 0 Å². The van der Waals surface area contributed by atoms with Gasteiger partial charge in [-0.3, -0.25) is 4.68 Å². The van der Waals surface area contributed by atoms with E-state index in [4.69, 9.17) is 0 Å². The highest BCUT2D eigenvalue weighted by Gasteiger charge is 1.99. The molecule has 12 heavy (non-hydrogen) atoms. The number of hydrogen-bond donors (Lipinski definition) is 0. The first-order valence-corrected chi connectivity index (χ1v) is 4.75. The van der Waals surface area contributed by atoms with Gasteiger partial charge in [-0.1, -0.05) is 26.7 Å². The number of nitrogens with zero attached hydrogens (tertiary/aromatic N) is 3. The van der Waals surface area contributed by atoms with E-state index in [0.717, 1.165) is 18.8 Å². The first-order chi connectivity index (χ1) is 5.88. The average Bonchev–Trinajstić information content (AvgIpc) is 2.52. The van der Waals surface area contributed by atoms with Gasteiger partial charge in [-0.15, -0.1) is 0 Å². The second kappa shape index (κ2) is 4.91. The summed E-state index contributed by atoms with van der Waals surface area (Å²) in [7, 11) is 0. The van der Waals surface area contributed by atoms with Crippen molar-refractivity contribution in [1.82, 2.24) is 14.8 Å². The maximum atomic E-state index is 4.17. The Morgan fingerprint density at radius 3 is 2.83 bits per heavy atom. The zero-order valence-corrected chi connectivity index (χ0v) is 7.95. The van der Waals surface area contributed by atoms with Crippen LogP contribution in [-0.2, 0) is 13.0 Å². The molecule has 3 nitrogen and oxygen atoms in total.